The lowest BCUT2D eigenvalue weighted by Crippen LogP contribution is -2.48. The Morgan fingerprint density at radius 1 is 1.40 bits per heavy atom. The maximum Gasteiger partial charge on any atom is 0.245 e. The molecule has 0 fully saturated rings. The molecule has 0 heterocycles. The van der Waals surface area contributed by atoms with Crippen molar-refractivity contribution in [1.82, 2.24) is 10.2 Å². The summed E-state index contributed by atoms with van der Waals surface area (Å²) < 4.78 is 0. The standard InChI is InChI=1S/C10H20N2O2S/c1-7(2)5-12(4)10(14)9(6-15)11-8(3)13/h7,9,15H,5-6H2,1-4H3,(H,11,13). The van der Waals surface area contributed by atoms with Crippen LogP contribution in [-0.4, -0.2) is 42.1 Å². The van der Waals surface area contributed by atoms with Crippen LogP contribution in [0.5, 0.6) is 0 Å². The summed E-state index contributed by atoms with van der Waals surface area (Å²) >= 11 is 4.05. The van der Waals surface area contributed by atoms with E-state index in [9.17, 15) is 9.59 Å². The molecule has 0 aliphatic rings. The summed E-state index contributed by atoms with van der Waals surface area (Å²) in [5.41, 5.74) is 0. The van der Waals surface area contributed by atoms with Gasteiger partial charge in [0.05, 0.1) is 0 Å². The minimum absolute atomic E-state index is 0.0890. The number of amides is 2. The number of nitrogens with zero attached hydrogens (tertiary/aromatic N) is 1. The van der Waals surface area contributed by atoms with Crippen LogP contribution >= 0.6 is 12.6 Å². The highest BCUT2D eigenvalue weighted by Gasteiger charge is 2.21. The predicted octanol–water partition coefficient (Wildman–Crippen LogP) is 0.535. The molecule has 1 unspecified atom stereocenters. The Hall–Kier alpha value is -0.710. The Labute approximate surface area is 96.8 Å². The molecular formula is C10H20N2O2S. The SMILES string of the molecule is CC(=O)NC(CS)C(=O)N(C)CC(C)C. The zero-order valence-electron chi connectivity index (χ0n) is 9.78. The Morgan fingerprint density at radius 2 is 1.93 bits per heavy atom. The van der Waals surface area contributed by atoms with Crippen molar-refractivity contribution in [3.05, 3.63) is 0 Å². The van der Waals surface area contributed by atoms with E-state index in [0.29, 0.717) is 18.2 Å². The molecule has 0 aromatic heterocycles. The molecule has 0 saturated heterocycles. The van der Waals surface area contributed by atoms with Gasteiger partial charge in [0.2, 0.25) is 11.8 Å². The number of thiol groups is 1. The van der Waals surface area contributed by atoms with E-state index in [1.165, 1.54) is 6.92 Å². The van der Waals surface area contributed by atoms with Crippen molar-refractivity contribution in [2.24, 2.45) is 5.92 Å². The molecule has 0 saturated carbocycles. The molecule has 5 heteroatoms. The van der Waals surface area contributed by atoms with Crippen LogP contribution in [-0.2, 0) is 9.59 Å². The molecule has 1 N–H and O–H groups in total. The van der Waals surface area contributed by atoms with Crippen LogP contribution in [0.2, 0.25) is 0 Å². The smallest absolute Gasteiger partial charge is 0.245 e. The first-order valence-electron chi connectivity index (χ1n) is 5.01. The molecule has 1 atom stereocenters. The van der Waals surface area contributed by atoms with Crippen LogP contribution in [0.25, 0.3) is 0 Å². The fraction of sp³-hybridized carbons (Fsp3) is 0.800. The molecule has 0 bridgehead atoms. The lowest BCUT2D eigenvalue weighted by Gasteiger charge is -2.24. The number of rotatable bonds is 5. The Balaban J connectivity index is 4.30. The van der Waals surface area contributed by atoms with Crippen LogP contribution in [0.4, 0.5) is 0 Å². The quantitative estimate of drug-likeness (QED) is 0.680. The summed E-state index contributed by atoms with van der Waals surface area (Å²) in [6, 6.07) is -0.519. The van der Waals surface area contributed by atoms with Gasteiger partial charge in [-0.05, 0) is 5.92 Å². The molecule has 2 amide bonds. The molecule has 0 rings (SSSR count). The summed E-state index contributed by atoms with van der Waals surface area (Å²) in [5, 5.41) is 2.58. The van der Waals surface area contributed by atoms with Gasteiger partial charge < -0.3 is 10.2 Å². The molecule has 4 nitrogen and oxygen atoms in total. The highest BCUT2D eigenvalue weighted by atomic mass is 32.1. The van der Waals surface area contributed by atoms with E-state index < -0.39 is 6.04 Å². The molecule has 15 heavy (non-hydrogen) atoms. The summed E-state index contributed by atoms with van der Waals surface area (Å²) in [5.74, 6) is 0.437. The van der Waals surface area contributed by atoms with E-state index in [-0.39, 0.29) is 11.8 Å². The molecule has 88 valence electrons. The van der Waals surface area contributed by atoms with Crippen LogP contribution < -0.4 is 5.32 Å². The summed E-state index contributed by atoms with van der Waals surface area (Å²) in [7, 11) is 1.74. The molecule has 0 aromatic rings. The number of carbonyl (C=O) groups is 2. The second-order valence-corrected chi connectivity index (χ2v) is 4.41. The third-order valence-corrected chi connectivity index (χ3v) is 2.24. The topological polar surface area (TPSA) is 49.4 Å². The predicted molar refractivity (Wildman–Crippen MR) is 63.9 cm³/mol. The van der Waals surface area contributed by atoms with Crippen molar-refractivity contribution in [1.29, 1.82) is 0 Å². The minimum atomic E-state index is -0.519. The zero-order chi connectivity index (χ0) is 12.0. The molecule has 0 aromatic carbocycles. The van der Waals surface area contributed by atoms with Gasteiger partial charge in [0.25, 0.3) is 0 Å². The van der Waals surface area contributed by atoms with E-state index in [1.807, 2.05) is 13.8 Å². The maximum atomic E-state index is 11.8. The number of nitrogens with one attached hydrogen (secondary N) is 1. The third kappa shape index (κ3) is 5.67. The zero-order valence-corrected chi connectivity index (χ0v) is 10.7. The molecule has 0 aliphatic carbocycles. The van der Waals surface area contributed by atoms with Gasteiger partial charge in [-0.15, -0.1) is 0 Å². The van der Waals surface area contributed by atoms with Gasteiger partial charge >= 0.3 is 0 Å². The fourth-order valence-corrected chi connectivity index (χ4v) is 1.58. The molecule has 0 spiro atoms. The third-order valence-electron chi connectivity index (χ3n) is 1.87. The number of likely N-dealkylation sites (N-methyl/N-ethyl adjacent to an activating group) is 1. The lowest BCUT2D eigenvalue weighted by atomic mass is 10.2. The Morgan fingerprint density at radius 3 is 2.27 bits per heavy atom. The normalized spacial score (nSPS) is 12.4. The van der Waals surface area contributed by atoms with Gasteiger partial charge in [-0.25, -0.2) is 0 Å². The van der Waals surface area contributed by atoms with E-state index >= 15 is 0 Å². The van der Waals surface area contributed by atoms with Gasteiger partial charge in [-0.3, -0.25) is 9.59 Å². The van der Waals surface area contributed by atoms with Crippen molar-refractivity contribution in [2.75, 3.05) is 19.3 Å². The maximum absolute atomic E-state index is 11.8. The van der Waals surface area contributed by atoms with Crippen molar-refractivity contribution in [2.45, 2.75) is 26.8 Å². The van der Waals surface area contributed by atoms with Crippen LogP contribution in [0.1, 0.15) is 20.8 Å². The molecule has 0 aliphatic heterocycles. The van der Waals surface area contributed by atoms with Gasteiger partial charge in [0, 0.05) is 26.3 Å². The monoisotopic (exact) mass is 232 g/mol. The minimum Gasteiger partial charge on any atom is -0.344 e. The van der Waals surface area contributed by atoms with Gasteiger partial charge in [-0.2, -0.15) is 12.6 Å². The highest BCUT2D eigenvalue weighted by Crippen LogP contribution is 2.00. The number of carbonyl (C=O) groups excluding carboxylic acids is 2. The van der Waals surface area contributed by atoms with Crippen molar-refractivity contribution < 1.29 is 9.59 Å². The average Bonchev–Trinajstić information content (AvgIpc) is 2.11. The van der Waals surface area contributed by atoms with Gasteiger partial charge in [0.15, 0.2) is 0 Å². The number of hydrogen-bond acceptors (Lipinski definition) is 3. The van der Waals surface area contributed by atoms with Gasteiger partial charge in [-0.1, -0.05) is 13.8 Å². The Bertz CT molecular complexity index is 231. The first-order valence-corrected chi connectivity index (χ1v) is 5.64. The van der Waals surface area contributed by atoms with E-state index in [1.54, 1.807) is 11.9 Å². The first-order chi connectivity index (χ1) is 6.88. The largest absolute Gasteiger partial charge is 0.344 e. The average molecular weight is 232 g/mol. The summed E-state index contributed by atoms with van der Waals surface area (Å²) in [4.78, 5) is 24.3. The molecular weight excluding hydrogens is 212 g/mol. The second kappa shape index (κ2) is 6.71. The summed E-state index contributed by atoms with van der Waals surface area (Å²) in [6.07, 6.45) is 0. The van der Waals surface area contributed by atoms with E-state index in [4.69, 9.17) is 0 Å². The van der Waals surface area contributed by atoms with Crippen LogP contribution in [0.3, 0.4) is 0 Å². The fourth-order valence-electron chi connectivity index (χ4n) is 1.33. The Kier molecular flexibility index (Phi) is 6.40. The van der Waals surface area contributed by atoms with E-state index in [2.05, 4.69) is 17.9 Å². The molecule has 0 radical (unpaired) electrons. The second-order valence-electron chi connectivity index (χ2n) is 4.05. The van der Waals surface area contributed by atoms with E-state index in [0.717, 1.165) is 0 Å². The number of hydrogen-bond donors (Lipinski definition) is 2. The van der Waals surface area contributed by atoms with Crippen molar-refractivity contribution in [3.8, 4) is 0 Å². The van der Waals surface area contributed by atoms with Crippen molar-refractivity contribution >= 4 is 24.4 Å². The van der Waals surface area contributed by atoms with Gasteiger partial charge in [0.1, 0.15) is 6.04 Å². The first kappa shape index (κ1) is 14.3. The van der Waals surface area contributed by atoms with Crippen LogP contribution in [0.15, 0.2) is 0 Å². The lowest BCUT2D eigenvalue weighted by molar-refractivity contribution is -0.134. The highest BCUT2D eigenvalue weighted by molar-refractivity contribution is 7.80. The van der Waals surface area contributed by atoms with Crippen LogP contribution in [0, 0.1) is 5.92 Å². The van der Waals surface area contributed by atoms with Crippen molar-refractivity contribution in [3.63, 3.8) is 0 Å². The summed E-state index contributed by atoms with van der Waals surface area (Å²) in [6.45, 7) is 6.16.